The quantitative estimate of drug-likeness (QED) is 0.595. The van der Waals surface area contributed by atoms with E-state index in [-0.39, 0.29) is 30.7 Å². The Morgan fingerprint density at radius 2 is 1.81 bits per heavy atom. The Morgan fingerprint density at radius 3 is 2.44 bits per heavy atom. The smallest absolute Gasteiger partial charge is 0.269 e. The fraction of sp³-hybridized carbons (Fsp3) is 0.263. The first-order valence-corrected chi connectivity index (χ1v) is 8.24. The van der Waals surface area contributed by atoms with Gasteiger partial charge in [0.1, 0.15) is 5.75 Å². The Labute approximate surface area is 156 Å². The van der Waals surface area contributed by atoms with Crippen LogP contribution in [0.4, 0.5) is 11.4 Å². The summed E-state index contributed by atoms with van der Waals surface area (Å²) in [5, 5.41) is 13.4. The number of nitro benzene ring substituents is 1. The van der Waals surface area contributed by atoms with Crippen LogP contribution in [-0.4, -0.2) is 41.8 Å². The van der Waals surface area contributed by atoms with E-state index in [0.717, 1.165) is 11.1 Å². The molecule has 2 aromatic carbocycles. The number of likely N-dealkylation sites (N-methyl/N-ethyl adjacent to an activating group) is 1. The second kappa shape index (κ2) is 8.79. The van der Waals surface area contributed by atoms with Crippen LogP contribution in [0.1, 0.15) is 11.1 Å². The normalized spacial score (nSPS) is 10.2. The molecule has 0 aliphatic heterocycles. The van der Waals surface area contributed by atoms with Gasteiger partial charge in [0.05, 0.1) is 11.5 Å². The summed E-state index contributed by atoms with van der Waals surface area (Å²) in [6, 6.07) is 11.2. The van der Waals surface area contributed by atoms with Gasteiger partial charge in [-0.3, -0.25) is 19.7 Å². The number of ether oxygens (including phenoxy) is 1. The van der Waals surface area contributed by atoms with E-state index in [1.54, 1.807) is 0 Å². The number of anilines is 1. The van der Waals surface area contributed by atoms with Gasteiger partial charge >= 0.3 is 0 Å². The van der Waals surface area contributed by atoms with Crippen LogP contribution in [0.25, 0.3) is 0 Å². The standard InChI is InChI=1S/C19H21N3O5/c1-13-4-5-14(2)17(10-13)20-18(23)11-21(3)19(24)12-27-16-8-6-15(7-9-16)22(25)26/h4-10H,11-12H2,1-3H3,(H,20,23). The van der Waals surface area contributed by atoms with Crippen molar-refractivity contribution in [3.05, 3.63) is 63.7 Å². The van der Waals surface area contributed by atoms with Gasteiger partial charge in [-0.25, -0.2) is 0 Å². The molecule has 0 heterocycles. The number of carbonyl (C=O) groups is 2. The van der Waals surface area contributed by atoms with Crippen LogP contribution in [0, 0.1) is 24.0 Å². The van der Waals surface area contributed by atoms with Gasteiger partial charge in [-0.1, -0.05) is 12.1 Å². The highest BCUT2D eigenvalue weighted by Gasteiger charge is 2.15. The van der Waals surface area contributed by atoms with E-state index >= 15 is 0 Å². The number of carbonyl (C=O) groups excluding carboxylic acids is 2. The molecule has 2 amide bonds. The Kier molecular flexibility index (Phi) is 6.48. The number of hydrogen-bond acceptors (Lipinski definition) is 5. The van der Waals surface area contributed by atoms with Gasteiger partial charge in [0.25, 0.3) is 11.6 Å². The van der Waals surface area contributed by atoms with E-state index < -0.39 is 4.92 Å². The predicted molar refractivity (Wildman–Crippen MR) is 101 cm³/mol. The summed E-state index contributed by atoms with van der Waals surface area (Å²) in [5.74, 6) is -0.360. The van der Waals surface area contributed by atoms with Crippen molar-refractivity contribution in [2.45, 2.75) is 13.8 Å². The maximum absolute atomic E-state index is 12.2. The third-order valence-corrected chi connectivity index (χ3v) is 3.88. The molecule has 0 atom stereocenters. The number of non-ortho nitro benzene ring substituents is 1. The highest BCUT2D eigenvalue weighted by molar-refractivity contribution is 5.95. The minimum Gasteiger partial charge on any atom is -0.484 e. The number of nitrogens with zero attached hydrogens (tertiary/aromatic N) is 2. The van der Waals surface area contributed by atoms with Crippen molar-refractivity contribution in [1.29, 1.82) is 0 Å². The molecule has 0 unspecified atom stereocenters. The molecule has 0 radical (unpaired) electrons. The van der Waals surface area contributed by atoms with Crippen LogP contribution >= 0.6 is 0 Å². The molecule has 0 saturated carbocycles. The lowest BCUT2D eigenvalue weighted by molar-refractivity contribution is -0.384. The first-order valence-electron chi connectivity index (χ1n) is 8.24. The molecule has 0 aliphatic rings. The van der Waals surface area contributed by atoms with Gasteiger partial charge in [-0.2, -0.15) is 0 Å². The Morgan fingerprint density at radius 1 is 1.15 bits per heavy atom. The van der Waals surface area contributed by atoms with Gasteiger partial charge < -0.3 is 15.0 Å². The number of nitrogens with one attached hydrogen (secondary N) is 1. The highest BCUT2D eigenvalue weighted by atomic mass is 16.6. The monoisotopic (exact) mass is 371 g/mol. The van der Waals surface area contributed by atoms with Crippen molar-refractivity contribution >= 4 is 23.2 Å². The number of amides is 2. The maximum atomic E-state index is 12.2. The van der Waals surface area contributed by atoms with Crippen LogP contribution in [0.5, 0.6) is 5.75 Å². The second-order valence-corrected chi connectivity index (χ2v) is 6.16. The first-order chi connectivity index (χ1) is 12.8. The summed E-state index contributed by atoms with van der Waals surface area (Å²) in [6.07, 6.45) is 0. The third kappa shape index (κ3) is 5.81. The van der Waals surface area contributed by atoms with Gasteiger partial charge in [-0.15, -0.1) is 0 Å². The van der Waals surface area contributed by atoms with Crippen molar-refractivity contribution in [3.63, 3.8) is 0 Å². The second-order valence-electron chi connectivity index (χ2n) is 6.16. The number of hydrogen-bond donors (Lipinski definition) is 1. The largest absolute Gasteiger partial charge is 0.484 e. The molecule has 0 fully saturated rings. The van der Waals surface area contributed by atoms with Gasteiger partial charge in [0.2, 0.25) is 5.91 Å². The van der Waals surface area contributed by atoms with Gasteiger partial charge in [-0.05, 0) is 43.2 Å². The minimum absolute atomic E-state index is 0.0612. The number of aryl methyl sites for hydroxylation is 2. The summed E-state index contributed by atoms with van der Waals surface area (Å²) in [4.78, 5) is 35.6. The van der Waals surface area contributed by atoms with E-state index in [1.807, 2.05) is 32.0 Å². The predicted octanol–water partition coefficient (Wildman–Crippen LogP) is 2.69. The maximum Gasteiger partial charge on any atom is 0.269 e. The highest BCUT2D eigenvalue weighted by Crippen LogP contribution is 2.18. The van der Waals surface area contributed by atoms with Crippen LogP contribution in [0.3, 0.4) is 0 Å². The summed E-state index contributed by atoms with van der Waals surface area (Å²) >= 11 is 0. The fourth-order valence-electron chi connectivity index (χ4n) is 2.28. The number of rotatable bonds is 7. The lowest BCUT2D eigenvalue weighted by Gasteiger charge is -2.18. The fourth-order valence-corrected chi connectivity index (χ4v) is 2.28. The van der Waals surface area contributed by atoms with E-state index in [1.165, 1.54) is 36.2 Å². The molecule has 142 valence electrons. The third-order valence-electron chi connectivity index (χ3n) is 3.88. The van der Waals surface area contributed by atoms with Gasteiger partial charge in [0.15, 0.2) is 6.61 Å². The minimum atomic E-state index is -0.517. The van der Waals surface area contributed by atoms with E-state index in [2.05, 4.69) is 5.32 Å². The Balaban J connectivity index is 1.84. The van der Waals surface area contributed by atoms with E-state index in [9.17, 15) is 19.7 Å². The molecule has 0 spiro atoms. The average molecular weight is 371 g/mol. The van der Waals surface area contributed by atoms with Crippen LogP contribution in [0.2, 0.25) is 0 Å². The zero-order valence-electron chi connectivity index (χ0n) is 15.4. The molecule has 0 aromatic heterocycles. The topological polar surface area (TPSA) is 102 Å². The molecule has 2 aromatic rings. The molecule has 0 bridgehead atoms. The summed E-state index contributed by atoms with van der Waals surface area (Å²) in [5.41, 5.74) is 2.61. The zero-order chi connectivity index (χ0) is 20.0. The van der Waals surface area contributed by atoms with E-state index in [0.29, 0.717) is 11.4 Å². The SMILES string of the molecule is Cc1ccc(C)c(NC(=O)CN(C)C(=O)COc2ccc([N+](=O)[O-])cc2)c1. The molecule has 2 rings (SSSR count). The number of nitro groups is 1. The van der Waals surface area contributed by atoms with Crippen molar-refractivity contribution in [2.24, 2.45) is 0 Å². The molecule has 1 N–H and O–H groups in total. The Hall–Kier alpha value is -3.42. The van der Waals surface area contributed by atoms with Crippen LogP contribution in [-0.2, 0) is 9.59 Å². The van der Waals surface area contributed by atoms with Crippen LogP contribution < -0.4 is 10.1 Å². The molecule has 8 nitrogen and oxygen atoms in total. The molecule has 8 heteroatoms. The zero-order valence-corrected chi connectivity index (χ0v) is 15.4. The van der Waals surface area contributed by atoms with Crippen LogP contribution in [0.15, 0.2) is 42.5 Å². The van der Waals surface area contributed by atoms with Crippen molar-refractivity contribution < 1.29 is 19.2 Å². The molecule has 27 heavy (non-hydrogen) atoms. The van der Waals surface area contributed by atoms with Crippen molar-refractivity contribution in [3.8, 4) is 5.75 Å². The molecular weight excluding hydrogens is 350 g/mol. The molecule has 0 aliphatic carbocycles. The summed E-state index contributed by atoms with van der Waals surface area (Å²) < 4.78 is 5.31. The lowest BCUT2D eigenvalue weighted by Crippen LogP contribution is -2.37. The average Bonchev–Trinajstić information content (AvgIpc) is 2.62. The Bertz CT molecular complexity index is 849. The van der Waals surface area contributed by atoms with Crippen molar-refractivity contribution in [2.75, 3.05) is 25.5 Å². The van der Waals surface area contributed by atoms with Crippen molar-refractivity contribution in [1.82, 2.24) is 4.90 Å². The summed E-state index contributed by atoms with van der Waals surface area (Å²) in [7, 11) is 1.50. The molecular formula is C19H21N3O5. The molecule has 0 saturated heterocycles. The summed E-state index contributed by atoms with van der Waals surface area (Å²) in [6.45, 7) is 3.43. The lowest BCUT2D eigenvalue weighted by atomic mass is 10.1. The first kappa shape index (κ1) is 19.9. The van der Waals surface area contributed by atoms with Gasteiger partial charge in [0, 0.05) is 24.9 Å². The van der Waals surface area contributed by atoms with E-state index in [4.69, 9.17) is 4.74 Å². The number of benzene rings is 2.